The number of carbonyl (C=O) groups excluding carboxylic acids is 2. The van der Waals surface area contributed by atoms with Gasteiger partial charge in [-0.1, -0.05) is 57.0 Å². The van der Waals surface area contributed by atoms with Crippen molar-refractivity contribution in [3.05, 3.63) is 89.0 Å². The van der Waals surface area contributed by atoms with Crippen molar-refractivity contribution in [2.45, 2.75) is 91.9 Å². The van der Waals surface area contributed by atoms with Gasteiger partial charge in [-0.05, 0) is 123 Å². The summed E-state index contributed by atoms with van der Waals surface area (Å²) in [5.74, 6) is 2.56. The third-order valence-corrected chi connectivity index (χ3v) is 8.78. The highest BCUT2D eigenvalue weighted by Crippen LogP contribution is 2.34. The molecule has 0 aliphatic heterocycles. The SMILES string of the molecule is C=C(C)C(=O)Oc1cc(-c2cc(C)c(OCCOc3ccc(CCCCCC)cc3)c(C)c2)ccc1CCOCC1CCC(=O)CC1. The summed E-state index contributed by atoms with van der Waals surface area (Å²) in [6.07, 6.45) is 9.92. The van der Waals surface area contributed by atoms with Crippen LogP contribution in [0.3, 0.4) is 0 Å². The number of ketones is 1. The topological polar surface area (TPSA) is 71.1 Å². The minimum atomic E-state index is -0.451. The molecule has 0 spiro atoms. The summed E-state index contributed by atoms with van der Waals surface area (Å²) >= 11 is 0. The first-order valence-electron chi connectivity index (χ1n) is 17.3. The molecule has 0 aromatic heterocycles. The van der Waals surface area contributed by atoms with E-state index in [0.29, 0.717) is 68.7 Å². The molecule has 0 N–H and O–H groups in total. The number of ether oxygens (including phenoxy) is 4. The van der Waals surface area contributed by atoms with E-state index < -0.39 is 5.97 Å². The van der Waals surface area contributed by atoms with E-state index in [9.17, 15) is 9.59 Å². The molecule has 47 heavy (non-hydrogen) atoms. The fraction of sp³-hybridized carbons (Fsp3) is 0.463. The van der Waals surface area contributed by atoms with Crippen molar-refractivity contribution in [3.8, 4) is 28.4 Å². The van der Waals surface area contributed by atoms with Gasteiger partial charge in [-0.2, -0.15) is 0 Å². The van der Waals surface area contributed by atoms with E-state index >= 15 is 0 Å². The molecular weight excluding hydrogens is 588 g/mol. The first-order valence-corrected chi connectivity index (χ1v) is 17.3. The van der Waals surface area contributed by atoms with Crippen molar-refractivity contribution in [3.63, 3.8) is 0 Å². The first-order chi connectivity index (χ1) is 22.7. The lowest BCUT2D eigenvalue weighted by atomic mass is 9.89. The summed E-state index contributed by atoms with van der Waals surface area (Å²) in [5, 5.41) is 0. The van der Waals surface area contributed by atoms with Gasteiger partial charge in [0.05, 0.1) is 6.61 Å². The van der Waals surface area contributed by atoms with Crippen LogP contribution in [0.2, 0.25) is 0 Å². The van der Waals surface area contributed by atoms with E-state index in [-0.39, 0.29) is 0 Å². The molecule has 0 atom stereocenters. The van der Waals surface area contributed by atoms with Crippen LogP contribution in [0.25, 0.3) is 11.1 Å². The quantitative estimate of drug-likeness (QED) is 0.0597. The number of hydrogen-bond acceptors (Lipinski definition) is 6. The zero-order valence-electron chi connectivity index (χ0n) is 28.8. The molecule has 6 heteroatoms. The van der Waals surface area contributed by atoms with Crippen molar-refractivity contribution in [2.24, 2.45) is 5.92 Å². The van der Waals surface area contributed by atoms with Crippen LogP contribution in [0.15, 0.2) is 66.7 Å². The Balaban J connectivity index is 1.34. The number of esters is 1. The van der Waals surface area contributed by atoms with Gasteiger partial charge in [0.15, 0.2) is 0 Å². The van der Waals surface area contributed by atoms with Crippen LogP contribution < -0.4 is 14.2 Å². The van der Waals surface area contributed by atoms with E-state index in [1.54, 1.807) is 6.92 Å². The van der Waals surface area contributed by atoms with Gasteiger partial charge in [-0.15, -0.1) is 0 Å². The Morgan fingerprint density at radius 2 is 1.53 bits per heavy atom. The summed E-state index contributed by atoms with van der Waals surface area (Å²) in [6, 6.07) is 18.6. The van der Waals surface area contributed by atoms with Gasteiger partial charge in [0.1, 0.15) is 36.2 Å². The van der Waals surface area contributed by atoms with E-state index in [0.717, 1.165) is 58.6 Å². The van der Waals surface area contributed by atoms with Crippen molar-refractivity contribution >= 4 is 11.8 Å². The maximum atomic E-state index is 12.5. The number of hydrogen-bond donors (Lipinski definition) is 0. The lowest BCUT2D eigenvalue weighted by Crippen LogP contribution is -2.19. The highest BCUT2D eigenvalue weighted by Gasteiger charge is 2.19. The van der Waals surface area contributed by atoms with Crippen LogP contribution in [-0.4, -0.2) is 38.2 Å². The Bertz CT molecular complexity index is 1460. The zero-order chi connectivity index (χ0) is 33.6. The van der Waals surface area contributed by atoms with Gasteiger partial charge < -0.3 is 18.9 Å². The number of rotatable bonds is 18. The molecule has 0 radical (unpaired) electrons. The van der Waals surface area contributed by atoms with Gasteiger partial charge in [-0.3, -0.25) is 4.79 Å². The molecule has 0 saturated heterocycles. The van der Waals surface area contributed by atoms with Gasteiger partial charge in [0.25, 0.3) is 0 Å². The molecule has 0 unspecified atom stereocenters. The lowest BCUT2D eigenvalue weighted by Gasteiger charge is -2.20. The molecule has 0 heterocycles. The molecular formula is C41H52O6. The van der Waals surface area contributed by atoms with Crippen LogP contribution in [0.4, 0.5) is 0 Å². The Hall–Kier alpha value is -3.90. The van der Waals surface area contributed by atoms with Gasteiger partial charge >= 0.3 is 5.97 Å². The highest BCUT2D eigenvalue weighted by molar-refractivity contribution is 5.89. The Labute approximate surface area is 281 Å². The fourth-order valence-electron chi connectivity index (χ4n) is 5.98. The number of aryl methyl sites for hydroxylation is 3. The molecule has 1 aliphatic carbocycles. The third-order valence-electron chi connectivity index (χ3n) is 8.78. The van der Waals surface area contributed by atoms with Crippen molar-refractivity contribution in [2.75, 3.05) is 26.4 Å². The molecule has 3 aromatic carbocycles. The second-order valence-corrected chi connectivity index (χ2v) is 12.9. The number of Topliss-reactive ketones (excluding diaryl/α,β-unsaturated/α-hetero) is 1. The summed E-state index contributed by atoms with van der Waals surface area (Å²) < 4.78 is 23.9. The Morgan fingerprint density at radius 3 is 2.21 bits per heavy atom. The lowest BCUT2D eigenvalue weighted by molar-refractivity contribution is -0.130. The van der Waals surface area contributed by atoms with Crippen LogP contribution >= 0.6 is 0 Å². The summed E-state index contributed by atoms with van der Waals surface area (Å²) in [7, 11) is 0. The van der Waals surface area contributed by atoms with Crippen LogP contribution in [0.1, 0.15) is 87.5 Å². The average Bonchev–Trinajstić information content (AvgIpc) is 3.06. The van der Waals surface area contributed by atoms with Gasteiger partial charge in [0, 0.05) is 25.0 Å². The van der Waals surface area contributed by atoms with E-state index in [1.165, 1.54) is 31.2 Å². The zero-order valence-corrected chi connectivity index (χ0v) is 28.8. The highest BCUT2D eigenvalue weighted by atomic mass is 16.5. The minimum absolute atomic E-state index is 0.344. The molecule has 1 aliphatic rings. The van der Waals surface area contributed by atoms with E-state index in [4.69, 9.17) is 18.9 Å². The van der Waals surface area contributed by atoms with Crippen molar-refractivity contribution in [1.82, 2.24) is 0 Å². The molecule has 0 bridgehead atoms. The molecule has 0 amide bonds. The smallest absolute Gasteiger partial charge is 0.338 e. The molecule has 3 aromatic rings. The maximum absolute atomic E-state index is 12.5. The van der Waals surface area contributed by atoms with Gasteiger partial charge in [-0.25, -0.2) is 4.79 Å². The minimum Gasteiger partial charge on any atom is -0.490 e. The maximum Gasteiger partial charge on any atom is 0.338 e. The van der Waals surface area contributed by atoms with Crippen LogP contribution in [-0.2, 0) is 27.2 Å². The molecule has 1 saturated carbocycles. The van der Waals surface area contributed by atoms with Crippen LogP contribution in [0, 0.1) is 19.8 Å². The standard InChI is InChI=1S/C41H52O6/c1-6-7-8-9-10-32-13-19-38(20-14-32)45-23-24-46-40-30(4)25-36(26-31(40)5)35-16-15-34(39(27-35)47-41(43)29(2)3)21-22-44-28-33-11-17-37(42)18-12-33/h13-16,19-20,25-27,33H,2,6-12,17-18,21-24,28H2,1,3-5H3. The third kappa shape index (κ3) is 11.4. The molecule has 252 valence electrons. The second-order valence-electron chi connectivity index (χ2n) is 12.9. The number of unbranched alkanes of at least 4 members (excludes halogenated alkanes) is 3. The van der Waals surface area contributed by atoms with Crippen molar-refractivity contribution < 1.29 is 28.5 Å². The molecule has 4 rings (SSSR count). The number of benzene rings is 3. The Kier molecular flexibility index (Phi) is 14.1. The number of carbonyl (C=O) groups is 2. The van der Waals surface area contributed by atoms with Gasteiger partial charge in [0.2, 0.25) is 0 Å². The average molecular weight is 641 g/mol. The molecule has 1 fully saturated rings. The van der Waals surface area contributed by atoms with E-state index in [1.807, 2.05) is 38.1 Å². The predicted molar refractivity (Wildman–Crippen MR) is 189 cm³/mol. The summed E-state index contributed by atoms with van der Waals surface area (Å²) in [5.41, 5.74) is 6.60. The molecule has 6 nitrogen and oxygen atoms in total. The normalized spacial score (nSPS) is 13.4. The summed E-state index contributed by atoms with van der Waals surface area (Å²) in [4.78, 5) is 24.0. The largest absolute Gasteiger partial charge is 0.490 e. The Morgan fingerprint density at radius 1 is 0.830 bits per heavy atom. The second kappa shape index (κ2) is 18.4. The fourth-order valence-corrected chi connectivity index (χ4v) is 5.98. The van der Waals surface area contributed by atoms with Crippen molar-refractivity contribution in [1.29, 1.82) is 0 Å². The van der Waals surface area contributed by atoms with E-state index in [2.05, 4.69) is 43.8 Å². The monoisotopic (exact) mass is 640 g/mol. The van der Waals surface area contributed by atoms with Crippen LogP contribution in [0.5, 0.6) is 17.2 Å². The first kappa shape index (κ1) is 35.9. The summed E-state index contributed by atoms with van der Waals surface area (Å²) in [6.45, 7) is 13.8. The predicted octanol–water partition coefficient (Wildman–Crippen LogP) is 9.35.